The number of rotatable bonds is 6. The van der Waals surface area contributed by atoms with Crippen molar-refractivity contribution in [3.8, 4) is 0 Å². The number of aliphatic imine (C=N–C) groups is 1. The summed E-state index contributed by atoms with van der Waals surface area (Å²) in [5.41, 5.74) is 3.48. The van der Waals surface area contributed by atoms with Gasteiger partial charge >= 0.3 is 5.97 Å². The van der Waals surface area contributed by atoms with Crippen LogP contribution in [0.5, 0.6) is 0 Å². The van der Waals surface area contributed by atoms with Crippen LogP contribution in [0.25, 0.3) is 0 Å². The molecule has 2 aliphatic rings. The van der Waals surface area contributed by atoms with Crippen LogP contribution in [0, 0.1) is 11.3 Å². The van der Waals surface area contributed by atoms with Crippen LogP contribution in [0.3, 0.4) is 0 Å². The monoisotopic (exact) mass is 329 g/mol. The number of ether oxygens (including phenoxy) is 1. The molecule has 0 aliphatic heterocycles. The fourth-order valence-corrected chi connectivity index (χ4v) is 3.51. The molecule has 1 fully saturated rings. The molecule has 0 aromatic heterocycles. The Balaban J connectivity index is 2.11. The van der Waals surface area contributed by atoms with Gasteiger partial charge in [0.15, 0.2) is 0 Å². The first kappa shape index (κ1) is 18.7. The van der Waals surface area contributed by atoms with Crippen LogP contribution < -0.4 is 0 Å². The molecule has 0 spiro atoms. The van der Waals surface area contributed by atoms with Gasteiger partial charge in [-0.15, -0.1) is 0 Å². The Hall–Kier alpha value is -1.64. The summed E-state index contributed by atoms with van der Waals surface area (Å²) in [6.07, 6.45) is 15.0. The molecule has 0 unspecified atom stereocenters. The number of hydrogen-bond acceptors (Lipinski definition) is 3. The standard InChI is InChI=1S/C21H31NO2/c1-16-7-6-13-21(2,3)19(16)11-10-18(20(23)24-4)12-14-22-15-17-8-5-9-17/h10-12,14,17H,5-9,13,15H2,1-4H3/b11-10+,18-12+,22-14?. The van der Waals surface area contributed by atoms with E-state index in [1.54, 1.807) is 12.3 Å². The van der Waals surface area contributed by atoms with Crippen molar-refractivity contribution in [1.82, 2.24) is 0 Å². The second kappa shape index (κ2) is 8.46. The first-order valence-electron chi connectivity index (χ1n) is 9.11. The highest BCUT2D eigenvalue weighted by Crippen LogP contribution is 2.40. The van der Waals surface area contributed by atoms with Crippen molar-refractivity contribution in [3.63, 3.8) is 0 Å². The van der Waals surface area contributed by atoms with E-state index in [9.17, 15) is 4.79 Å². The Morgan fingerprint density at radius 2 is 2.08 bits per heavy atom. The molecule has 2 aliphatic carbocycles. The number of allylic oxidation sites excluding steroid dienone is 4. The molecule has 0 radical (unpaired) electrons. The number of hydrogen-bond donors (Lipinski definition) is 0. The first-order chi connectivity index (χ1) is 11.4. The van der Waals surface area contributed by atoms with Gasteiger partial charge in [-0.05, 0) is 68.1 Å². The van der Waals surface area contributed by atoms with E-state index in [4.69, 9.17) is 4.74 Å². The average molecular weight is 329 g/mol. The van der Waals surface area contributed by atoms with E-state index in [1.165, 1.54) is 50.4 Å². The van der Waals surface area contributed by atoms with Gasteiger partial charge in [-0.25, -0.2) is 4.79 Å². The van der Waals surface area contributed by atoms with Gasteiger partial charge in [0.1, 0.15) is 0 Å². The second-order valence-electron chi connectivity index (χ2n) is 7.69. The molecule has 0 saturated heterocycles. The molecule has 0 aromatic rings. The van der Waals surface area contributed by atoms with Crippen LogP contribution >= 0.6 is 0 Å². The SMILES string of the molecule is COC(=O)C(/C=C/C1=C(C)CCCC1(C)C)=C/C=NCC1CCC1. The molecular formula is C21H31NO2. The lowest BCUT2D eigenvalue weighted by Gasteiger charge is -2.32. The van der Waals surface area contributed by atoms with Crippen molar-refractivity contribution in [2.45, 2.75) is 59.3 Å². The Labute approximate surface area is 146 Å². The van der Waals surface area contributed by atoms with Crippen molar-refractivity contribution in [1.29, 1.82) is 0 Å². The second-order valence-corrected chi connectivity index (χ2v) is 7.69. The predicted molar refractivity (Wildman–Crippen MR) is 100 cm³/mol. The zero-order valence-electron chi connectivity index (χ0n) is 15.6. The minimum absolute atomic E-state index is 0.165. The molecule has 0 amide bonds. The van der Waals surface area contributed by atoms with E-state index >= 15 is 0 Å². The summed E-state index contributed by atoms with van der Waals surface area (Å²) in [7, 11) is 1.42. The van der Waals surface area contributed by atoms with E-state index in [-0.39, 0.29) is 11.4 Å². The summed E-state index contributed by atoms with van der Waals surface area (Å²) in [5, 5.41) is 0. The zero-order chi connectivity index (χ0) is 17.6. The smallest absolute Gasteiger partial charge is 0.337 e. The molecule has 0 N–H and O–H groups in total. The van der Waals surface area contributed by atoms with Gasteiger partial charge in [0.05, 0.1) is 12.7 Å². The Morgan fingerprint density at radius 1 is 1.33 bits per heavy atom. The number of esters is 1. The Bertz CT molecular complexity index is 575. The summed E-state index contributed by atoms with van der Waals surface area (Å²) in [6.45, 7) is 7.61. The minimum atomic E-state index is -0.312. The van der Waals surface area contributed by atoms with Crippen molar-refractivity contribution in [2.24, 2.45) is 16.3 Å². The van der Waals surface area contributed by atoms with E-state index in [1.807, 2.05) is 6.08 Å². The van der Waals surface area contributed by atoms with Crippen LogP contribution in [-0.2, 0) is 9.53 Å². The summed E-state index contributed by atoms with van der Waals surface area (Å²) < 4.78 is 4.91. The molecule has 3 nitrogen and oxygen atoms in total. The van der Waals surface area contributed by atoms with Gasteiger partial charge in [0.25, 0.3) is 0 Å². The van der Waals surface area contributed by atoms with Crippen LogP contribution in [0.15, 0.2) is 39.9 Å². The fourth-order valence-electron chi connectivity index (χ4n) is 3.51. The van der Waals surface area contributed by atoms with E-state index < -0.39 is 0 Å². The molecule has 0 heterocycles. The van der Waals surface area contributed by atoms with E-state index in [0.717, 1.165) is 18.9 Å². The molecule has 2 rings (SSSR count). The van der Waals surface area contributed by atoms with E-state index in [2.05, 4.69) is 31.8 Å². The number of carbonyl (C=O) groups is 1. The fraction of sp³-hybridized carbons (Fsp3) is 0.619. The van der Waals surface area contributed by atoms with Crippen molar-refractivity contribution in [2.75, 3.05) is 13.7 Å². The minimum Gasteiger partial charge on any atom is -0.465 e. The average Bonchev–Trinajstić information content (AvgIpc) is 2.49. The lowest BCUT2D eigenvalue weighted by molar-refractivity contribution is -0.135. The quantitative estimate of drug-likeness (QED) is 0.296. The molecular weight excluding hydrogens is 298 g/mol. The normalized spacial score (nSPS) is 22.2. The third-order valence-electron chi connectivity index (χ3n) is 5.34. The zero-order valence-corrected chi connectivity index (χ0v) is 15.6. The van der Waals surface area contributed by atoms with Gasteiger partial charge in [-0.2, -0.15) is 0 Å². The van der Waals surface area contributed by atoms with Crippen molar-refractivity contribution in [3.05, 3.63) is 34.9 Å². The summed E-state index contributed by atoms with van der Waals surface area (Å²) in [4.78, 5) is 16.4. The van der Waals surface area contributed by atoms with Gasteiger partial charge in [0, 0.05) is 12.8 Å². The van der Waals surface area contributed by atoms with Crippen LogP contribution in [-0.4, -0.2) is 25.8 Å². The molecule has 1 saturated carbocycles. The highest BCUT2D eigenvalue weighted by atomic mass is 16.5. The highest BCUT2D eigenvalue weighted by molar-refractivity contribution is 5.96. The molecule has 0 aromatic carbocycles. The van der Waals surface area contributed by atoms with E-state index in [0.29, 0.717) is 5.57 Å². The largest absolute Gasteiger partial charge is 0.465 e. The van der Waals surface area contributed by atoms with Crippen LogP contribution in [0.2, 0.25) is 0 Å². The summed E-state index contributed by atoms with van der Waals surface area (Å²) in [5.74, 6) is 0.427. The lowest BCUT2D eigenvalue weighted by atomic mass is 9.72. The predicted octanol–water partition coefficient (Wildman–Crippen LogP) is 5.04. The lowest BCUT2D eigenvalue weighted by Crippen LogP contribution is -2.19. The molecule has 0 bridgehead atoms. The van der Waals surface area contributed by atoms with Crippen LogP contribution in [0.4, 0.5) is 0 Å². The third kappa shape index (κ3) is 4.93. The maximum absolute atomic E-state index is 12.0. The molecule has 3 heteroatoms. The third-order valence-corrected chi connectivity index (χ3v) is 5.34. The van der Waals surface area contributed by atoms with Gasteiger partial charge in [-0.3, -0.25) is 4.99 Å². The first-order valence-corrected chi connectivity index (χ1v) is 9.11. The Kier molecular flexibility index (Phi) is 6.59. The highest BCUT2D eigenvalue weighted by Gasteiger charge is 2.26. The number of methoxy groups -OCH3 is 1. The van der Waals surface area contributed by atoms with Gasteiger partial charge in [-0.1, -0.05) is 31.9 Å². The van der Waals surface area contributed by atoms with Crippen LogP contribution in [0.1, 0.15) is 59.3 Å². The summed E-state index contributed by atoms with van der Waals surface area (Å²) >= 11 is 0. The Morgan fingerprint density at radius 3 is 2.67 bits per heavy atom. The molecule has 24 heavy (non-hydrogen) atoms. The maximum Gasteiger partial charge on any atom is 0.337 e. The molecule has 0 atom stereocenters. The van der Waals surface area contributed by atoms with Crippen molar-refractivity contribution < 1.29 is 9.53 Å². The van der Waals surface area contributed by atoms with Gasteiger partial charge < -0.3 is 4.74 Å². The summed E-state index contributed by atoms with van der Waals surface area (Å²) in [6, 6.07) is 0. The number of carbonyl (C=O) groups excluding carboxylic acids is 1. The maximum atomic E-state index is 12.0. The molecule has 132 valence electrons. The van der Waals surface area contributed by atoms with Gasteiger partial charge in [0.2, 0.25) is 0 Å². The van der Waals surface area contributed by atoms with Crippen molar-refractivity contribution >= 4 is 12.2 Å². The topological polar surface area (TPSA) is 38.7 Å². The number of nitrogens with zero attached hydrogens (tertiary/aromatic N) is 1.